The first-order valence-electron chi connectivity index (χ1n) is 5.84. The maximum atomic E-state index is 4.48. The third kappa shape index (κ3) is 3.06. The first kappa shape index (κ1) is 11.6. The second-order valence-corrected chi connectivity index (χ2v) is 4.49. The molecule has 0 aliphatic heterocycles. The molecule has 2 aromatic heterocycles. The molecule has 0 amide bonds. The number of pyridine rings is 1. The van der Waals surface area contributed by atoms with Crippen molar-refractivity contribution in [2.24, 2.45) is 0 Å². The molecule has 0 bridgehead atoms. The van der Waals surface area contributed by atoms with Gasteiger partial charge in [0.25, 0.3) is 0 Å². The van der Waals surface area contributed by atoms with Crippen LogP contribution in [0.3, 0.4) is 0 Å². The second kappa shape index (κ2) is 4.99. The molecule has 0 unspecified atom stereocenters. The molecule has 0 radical (unpaired) electrons. The zero-order chi connectivity index (χ0) is 12.3. The molecule has 4 nitrogen and oxygen atoms in total. The van der Waals surface area contributed by atoms with E-state index in [1.165, 1.54) is 5.56 Å². The summed E-state index contributed by atoms with van der Waals surface area (Å²) in [5, 5.41) is 3.35. The highest BCUT2D eigenvalue weighted by molar-refractivity contribution is 5.31. The third-order valence-electron chi connectivity index (χ3n) is 2.42. The van der Waals surface area contributed by atoms with Crippen LogP contribution in [0.2, 0.25) is 0 Å². The predicted molar refractivity (Wildman–Crippen MR) is 69.1 cm³/mol. The maximum absolute atomic E-state index is 4.48. The first-order valence-corrected chi connectivity index (χ1v) is 5.84. The van der Waals surface area contributed by atoms with Gasteiger partial charge in [-0.1, -0.05) is 0 Å². The number of imidazole rings is 1. The largest absolute Gasteiger partial charge is 0.353 e. The summed E-state index contributed by atoms with van der Waals surface area (Å²) >= 11 is 0. The fraction of sp³-hybridized carbons (Fsp3) is 0.385. The van der Waals surface area contributed by atoms with Crippen LogP contribution >= 0.6 is 0 Å². The van der Waals surface area contributed by atoms with Crippen LogP contribution in [-0.2, 0) is 6.54 Å². The molecule has 2 heterocycles. The maximum Gasteiger partial charge on any atom is 0.203 e. The molecule has 0 aliphatic rings. The van der Waals surface area contributed by atoms with Gasteiger partial charge in [-0.3, -0.25) is 4.98 Å². The molecule has 2 aromatic rings. The van der Waals surface area contributed by atoms with Crippen molar-refractivity contribution in [1.82, 2.24) is 14.5 Å². The van der Waals surface area contributed by atoms with E-state index < -0.39 is 0 Å². The van der Waals surface area contributed by atoms with Gasteiger partial charge in [-0.05, 0) is 38.5 Å². The monoisotopic (exact) mass is 230 g/mol. The molecular formula is C13H18N4. The Labute approximate surface area is 102 Å². The highest BCUT2D eigenvalue weighted by Gasteiger charge is 2.06. The number of anilines is 1. The van der Waals surface area contributed by atoms with E-state index in [1.54, 1.807) is 0 Å². The minimum Gasteiger partial charge on any atom is -0.353 e. The fourth-order valence-electron chi connectivity index (χ4n) is 1.73. The van der Waals surface area contributed by atoms with Crippen LogP contribution in [0.5, 0.6) is 0 Å². The minimum atomic E-state index is 0.382. The summed E-state index contributed by atoms with van der Waals surface area (Å²) in [6.07, 6.45) is 5.69. The zero-order valence-corrected chi connectivity index (χ0v) is 10.5. The number of aromatic nitrogens is 3. The Kier molecular flexibility index (Phi) is 3.42. The summed E-state index contributed by atoms with van der Waals surface area (Å²) in [4.78, 5) is 8.51. The number of hydrogen-bond acceptors (Lipinski definition) is 3. The molecule has 0 aliphatic carbocycles. The molecule has 0 saturated carbocycles. The Hall–Kier alpha value is -1.84. The number of nitrogens with zero attached hydrogens (tertiary/aromatic N) is 3. The van der Waals surface area contributed by atoms with Crippen LogP contribution < -0.4 is 5.32 Å². The average Bonchev–Trinajstić information content (AvgIpc) is 2.59. The van der Waals surface area contributed by atoms with Crippen LogP contribution in [0.1, 0.15) is 25.1 Å². The average molecular weight is 230 g/mol. The molecule has 17 heavy (non-hydrogen) atoms. The highest BCUT2D eigenvalue weighted by atomic mass is 15.2. The molecular weight excluding hydrogens is 212 g/mol. The van der Waals surface area contributed by atoms with E-state index in [-0.39, 0.29) is 0 Å². The Bertz CT molecular complexity index is 473. The molecule has 0 spiro atoms. The number of aryl methyl sites for hydroxylation is 1. The SMILES string of the molecule is Cc1cn(Cc2ccncc2)c(NC(C)C)n1. The lowest BCUT2D eigenvalue weighted by Crippen LogP contribution is -2.14. The Morgan fingerprint density at radius 1 is 1.29 bits per heavy atom. The smallest absolute Gasteiger partial charge is 0.203 e. The summed E-state index contributed by atoms with van der Waals surface area (Å²) in [6.45, 7) is 7.05. The standard InChI is InChI=1S/C13H18N4/c1-10(2)15-13-16-11(3)8-17(13)9-12-4-6-14-7-5-12/h4-8,10H,9H2,1-3H3,(H,15,16). The number of rotatable bonds is 4. The normalized spacial score (nSPS) is 10.8. The predicted octanol–water partition coefficient (Wildman–Crippen LogP) is 2.46. The topological polar surface area (TPSA) is 42.7 Å². The summed E-state index contributed by atoms with van der Waals surface area (Å²) in [5.41, 5.74) is 2.26. The third-order valence-corrected chi connectivity index (χ3v) is 2.42. The van der Waals surface area contributed by atoms with Crippen molar-refractivity contribution in [3.63, 3.8) is 0 Å². The van der Waals surface area contributed by atoms with Crippen LogP contribution in [0.25, 0.3) is 0 Å². The lowest BCUT2D eigenvalue weighted by molar-refractivity contribution is 0.773. The van der Waals surface area contributed by atoms with E-state index in [0.717, 1.165) is 18.2 Å². The van der Waals surface area contributed by atoms with Crippen molar-refractivity contribution in [2.75, 3.05) is 5.32 Å². The van der Waals surface area contributed by atoms with Crippen molar-refractivity contribution in [2.45, 2.75) is 33.4 Å². The van der Waals surface area contributed by atoms with E-state index in [2.05, 4.69) is 39.9 Å². The van der Waals surface area contributed by atoms with Gasteiger partial charge >= 0.3 is 0 Å². The molecule has 0 fully saturated rings. The van der Waals surface area contributed by atoms with Crippen molar-refractivity contribution >= 4 is 5.95 Å². The van der Waals surface area contributed by atoms with Crippen LogP contribution in [-0.4, -0.2) is 20.6 Å². The van der Waals surface area contributed by atoms with E-state index >= 15 is 0 Å². The molecule has 2 rings (SSSR count). The summed E-state index contributed by atoms with van der Waals surface area (Å²) in [6, 6.07) is 4.43. The summed E-state index contributed by atoms with van der Waals surface area (Å²) < 4.78 is 2.13. The number of hydrogen-bond donors (Lipinski definition) is 1. The van der Waals surface area contributed by atoms with Gasteiger partial charge < -0.3 is 9.88 Å². The van der Waals surface area contributed by atoms with Gasteiger partial charge in [0, 0.05) is 24.6 Å². The Balaban J connectivity index is 2.20. The summed E-state index contributed by atoms with van der Waals surface area (Å²) in [7, 11) is 0. The Morgan fingerprint density at radius 2 is 2.00 bits per heavy atom. The molecule has 1 N–H and O–H groups in total. The summed E-state index contributed by atoms with van der Waals surface area (Å²) in [5.74, 6) is 0.925. The lowest BCUT2D eigenvalue weighted by atomic mass is 10.3. The van der Waals surface area contributed by atoms with Gasteiger partial charge in [-0.25, -0.2) is 4.98 Å². The van der Waals surface area contributed by atoms with E-state index in [1.807, 2.05) is 31.5 Å². The van der Waals surface area contributed by atoms with Crippen LogP contribution in [0.15, 0.2) is 30.7 Å². The quantitative estimate of drug-likeness (QED) is 0.877. The van der Waals surface area contributed by atoms with Crippen molar-refractivity contribution in [3.8, 4) is 0 Å². The van der Waals surface area contributed by atoms with Gasteiger partial charge in [0.1, 0.15) is 0 Å². The molecule has 0 saturated heterocycles. The van der Waals surface area contributed by atoms with E-state index in [4.69, 9.17) is 0 Å². The van der Waals surface area contributed by atoms with Gasteiger partial charge in [-0.15, -0.1) is 0 Å². The molecule has 0 aromatic carbocycles. The van der Waals surface area contributed by atoms with Gasteiger partial charge in [0.05, 0.1) is 12.2 Å². The van der Waals surface area contributed by atoms with Crippen molar-refractivity contribution < 1.29 is 0 Å². The van der Waals surface area contributed by atoms with E-state index in [9.17, 15) is 0 Å². The highest BCUT2D eigenvalue weighted by Crippen LogP contribution is 2.12. The van der Waals surface area contributed by atoms with Crippen LogP contribution in [0, 0.1) is 6.92 Å². The second-order valence-electron chi connectivity index (χ2n) is 4.49. The number of nitrogens with one attached hydrogen (secondary N) is 1. The van der Waals surface area contributed by atoms with E-state index in [0.29, 0.717) is 6.04 Å². The van der Waals surface area contributed by atoms with Gasteiger partial charge in [0.15, 0.2) is 0 Å². The lowest BCUT2D eigenvalue weighted by Gasteiger charge is -2.12. The first-order chi connectivity index (χ1) is 8.15. The van der Waals surface area contributed by atoms with Gasteiger partial charge in [0.2, 0.25) is 5.95 Å². The minimum absolute atomic E-state index is 0.382. The van der Waals surface area contributed by atoms with Crippen molar-refractivity contribution in [1.29, 1.82) is 0 Å². The zero-order valence-electron chi connectivity index (χ0n) is 10.5. The Morgan fingerprint density at radius 3 is 2.65 bits per heavy atom. The molecule has 0 atom stereocenters. The van der Waals surface area contributed by atoms with Crippen LogP contribution in [0.4, 0.5) is 5.95 Å². The van der Waals surface area contributed by atoms with Crippen molar-refractivity contribution in [3.05, 3.63) is 42.0 Å². The van der Waals surface area contributed by atoms with Gasteiger partial charge in [-0.2, -0.15) is 0 Å². The molecule has 90 valence electrons. The molecule has 4 heteroatoms. The fourth-order valence-corrected chi connectivity index (χ4v) is 1.73.